The second-order valence-electron chi connectivity index (χ2n) is 12.4. The number of carbonyl (C=O) groups is 1. The summed E-state index contributed by atoms with van der Waals surface area (Å²) in [6.45, 7) is 6.68. The molecular formula is C31H40N4O2S. The molecule has 2 saturated carbocycles. The van der Waals surface area contributed by atoms with Crippen LogP contribution >= 0.6 is 11.3 Å². The Morgan fingerprint density at radius 3 is 2.55 bits per heavy atom. The summed E-state index contributed by atoms with van der Waals surface area (Å²) in [5.41, 5.74) is 2.22. The average molecular weight is 533 g/mol. The van der Waals surface area contributed by atoms with Gasteiger partial charge in [0.15, 0.2) is 0 Å². The third-order valence-corrected chi connectivity index (χ3v) is 11.3. The number of piperidine rings is 2. The van der Waals surface area contributed by atoms with Crippen LogP contribution in [0.4, 0.5) is 5.82 Å². The van der Waals surface area contributed by atoms with Gasteiger partial charge in [-0.05, 0) is 99.3 Å². The highest BCUT2D eigenvalue weighted by molar-refractivity contribution is 7.15. The molecule has 0 aromatic carbocycles. The number of likely N-dealkylation sites (tertiary alicyclic amines) is 1. The number of rotatable bonds is 6. The van der Waals surface area contributed by atoms with E-state index >= 15 is 0 Å². The summed E-state index contributed by atoms with van der Waals surface area (Å²) in [7, 11) is 0. The number of aryl methyl sites for hydroxylation is 1. The van der Waals surface area contributed by atoms with Crippen LogP contribution in [0.5, 0.6) is 0 Å². The molecular weight excluding hydrogens is 492 g/mol. The maximum Gasteiger partial charge on any atom is 0.255 e. The van der Waals surface area contributed by atoms with E-state index in [9.17, 15) is 9.90 Å². The van der Waals surface area contributed by atoms with E-state index in [1.54, 1.807) is 11.3 Å². The Kier molecular flexibility index (Phi) is 6.37. The van der Waals surface area contributed by atoms with Crippen LogP contribution in [-0.2, 0) is 0 Å². The van der Waals surface area contributed by atoms with Crippen molar-refractivity contribution in [1.29, 1.82) is 0 Å². The highest BCUT2D eigenvalue weighted by atomic mass is 32.1. The Balaban J connectivity index is 1.08. The summed E-state index contributed by atoms with van der Waals surface area (Å²) >= 11 is 1.75. The minimum atomic E-state index is -0.134. The average Bonchev–Trinajstić information content (AvgIpc) is 3.41. The molecule has 0 unspecified atom stereocenters. The van der Waals surface area contributed by atoms with Crippen LogP contribution in [0.1, 0.15) is 60.2 Å². The summed E-state index contributed by atoms with van der Waals surface area (Å²) in [5, 5.41) is 13.2. The predicted molar refractivity (Wildman–Crippen MR) is 153 cm³/mol. The van der Waals surface area contributed by atoms with Gasteiger partial charge in [-0.25, -0.2) is 4.98 Å². The number of amides is 1. The number of thiophene rings is 1. The Hall–Kier alpha value is -2.22. The molecule has 4 fully saturated rings. The van der Waals surface area contributed by atoms with Crippen molar-refractivity contribution in [3.8, 4) is 10.6 Å². The van der Waals surface area contributed by atoms with Crippen LogP contribution in [0.3, 0.4) is 0 Å². The third kappa shape index (κ3) is 4.40. The molecule has 2 aromatic heterocycles. The number of aliphatic hydroxyl groups excluding tert-OH is 1. The lowest BCUT2D eigenvalue weighted by Crippen LogP contribution is -2.49. The van der Waals surface area contributed by atoms with Gasteiger partial charge in [0.2, 0.25) is 0 Å². The van der Waals surface area contributed by atoms with Crippen molar-refractivity contribution in [3.63, 3.8) is 0 Å². The van der Waals surface area contributed by atoms with Crippen molar-refractivity contribution >= 4 is 23.1 Å². The molecule has 2 aliphatic heterocycles. The van der Waals surface area contributed by atoms with Gasteiger partial charge >= 0.3 is 0 Å². The molecule has 2 N–H and O–H groups in total. The van der Waals surface area contributed by atoms with Gasteiger partial charge in [0.25, 0.3) is 5.91 Å². The van der Waals surface area contributed by atoms with Crippen LogP contribution in [0.25, 0.3) is 10.6 Å². The lowest BCUT2D eigenvalue weighted by atomic mass is 9.89. The quantitative estimate of drug-likeness (QED) is 0.520. The molecule has 1 amide bonds. The van der Waals surface area contributed by atoms with Gasteiger partial charge in [0.1, 0.15) is 5.82 Å². The second-order valence-corrected chi connectivity index (χ2v) is 13.7. The second kappa shape index (κ2) is 9.76. The fraction of sp³-hybridized carbons (Fsp3) is 0.613. The smallest absolute Gasteiger partial charge is 0.255 e. The number of nitrogens with zero attached hydrogens (tertiary/aromatic N) is 3. The van der Waals surface area contributed by atoms with E-state index in [1.807, 2.05) is 12.1 Å². The molecule has 6 nitrogen and oxygen atoms in total. The van der Waals surface area contributed by atoms with Gasteiger partial charge in [-0.15, -0.1) is 11.3 Å². The van der Waals surface area contributed by atoms with Crippen LogP contribution < -0.4 is 10.2 Å². The topological polar surface area (TPSA) is 68.7 Å². The molecule has 7 heteroatoms. The van der Waals surface area contributed by atoms with Crippen molar-refractivity contribution in [1.82, 2.24) is 15.2 Å². The number of allylic oxidation sites excluding steroid dienone is 2. The summed E-state index contributed by atoms with van der Waals surface area (Å²) in [5.74, 6) is 2.82. The monoisotopic (exact) mass is 532 g/mol. The number of hydrogen-bond acceptors (Lipinski definition) is 6. The summed E-state index contributed by atoms with van der Waals surface area (Å²) in [4.78, 5) is 26.1. The number of carbonyl (C=O) groups excluding carboxylic acids is 1. The molecule has 2 bridgehead atoms. The lowest BCUT2D eigenvalue weighted by molar-refractivity contribution is 0.0542. The van der Waals surface area contributed by atoms with Crippen LogP contribution in [0.2, 0.25) is 0 Å². The van der Waals surface area contributed by atoms with Crippen molar-refractivity contribution in [3.05, 3.63) is 46.9 Å². The van der Waals surface area contributed by atoms with Crippen LogP contribution in [-0.4, -0.2) is 65.8 Å². The summed E-state index contributed by atoms with van der Waals surface area (Å²) in [6.07, 6.45) is 12.6. The van der Waals surface area contributed by atoms with Crippen molar-refractivity contribution < 1.29 is 9.90 Å². The Bertz CT molecular complexity index is 1220. The number of pyridine rings is 1. The third-order valence-electron chi connectivity index (χ3n) is 10.3. The standard InChI is InChI=1S/C31H40N4O2S/c1-20-2-7-28(38-20)27-6-4-25(30(37)32-19-21-18-22-3-5-26(21)31(22)12-13-31)29(33-27)35-14-8-23(9-15-35)34-16-10-24(36)11-17-34/h2-7,21-24,26,36H,8-19H2,1H3,(H,32,37)/t21-,22+,26+/m1/s1. The van der Waals surface area contributed by atoms with Crippen molar-refractivity contribution in [2.24, 2.45) is 23.2 Å². The zero-order valence-electron chi connectivity index (χ0n) is 22.4. The molecule has 3 aliphatic carbocycles. The maximum atomic E-state index is 13.6. The molecule has 1 spiro atoms. The first-order valence-corrected chi connectivity index (χ1v) is 15.5. The Morgan fingerprint density at radius 1 is 1.08 bits per heavy atom. The zero-order chi connectivity index (χ0) is 25.9. The number of aliphatic hydroxyl groups is 1. The minimum absolute atomic E-state index is 0.0187. The predicted octanol–water partition coefficient (Wildman–Crippen LogP) is 4.88. The number of nitrogens with one attached hydrogen (secondary N) is 1. The summed E-state index contributed by atoms with van der Waals surface area (Å²) in [6, 6.07) is 8.86. The van der Waals surface area contributed by atoms with Crippen LogP contribution in [0.15, 0.2) is 36.4 Å². The highest BCUT2D eigenvalue weighted by Crippen LogP contribution is 2.69. The van der Waals surface area contributed by atoms with Gasteiger partial charge in [-0.1, -0.05) is 12.2 Å². The van der Waals surface area contributed by atoms with Gasteiger partial charge in [-0.3, -0.25) is 4.79 Å². The number of anilines is 1. The SMILES string of the molecule is Cc1ccc(-c2ccc(C(=O)NC[C@H]3C[C@@H]4C=C[C@@H]3C43CC3)c(N3CCC(N4CCC(O)CC4)CC3)n2)s1. The Morgan fingerprint density at radius 2 is 1.87 bits per heavy atom. The van der Waals surface area contributed by atoms with Crippen molar-refractivity contribution in [2.45, 2.75) is 64.0 Å². The van der Waals surface area contributed by atoms with Gasteiger partial charge in [-0.2, -0.15) is 0 Å². The first-order valence-electron chi connectivity index (χ1n) is 14.7. The maximum absolute atomic E-state index is 13.6. The molecule has 0 radical (unpaired) electrons. The number of aromatic nitrogens is 1. The fourth-order valence-corrected chi connectivity index (χ4v) is 8.78. The minimum Gasteiger partial charge on any atom is -0.393 e. The molecule has 7 rings (SSSR count). The molecule has 202 valence electrons. The molecule has 2 aromatic rings. The van der Waals surface area contributed by atoms with Gasteiger partial charge in [0, 0.05) is 43.6 Å². The van der Waals surface area contributed by atoms with E-state index in [1.165, 1.54) is 24.1 Å². The van der Waals surface area contributed by atoms with E-state index in [2.05, 4.69) is 46.3 Å². The van der Waals surface area contributed by atoms with E-state index in [4.69, 9.17) is 4.98 Å². The van der Waals surface area contributed by atoms with E-state index in [0.717, 1.165) is 80.7 Å². The normalized spacial score (nSPS) is 28.9. The molecule has 38 heavy (non-hydrogen) atoms. The fourth-order valence-electron chi connectivity index (χ4n) is 7.94. The number of hydrogen-bond donors (Lipinski definition) is 2. The lowest BCUT2D eigenvalue weighted by Gasteiger charge is -2.41. The first kappa shape index (κ1) is 24.8. The summed E-state index contributed by atoms with van der Waals surface area (Å²) < 4.78 is 0. The highest BCUT2D eigenvalue weighted by Gasteiger charge is 2.62. The van der Waals surface area contributed by atoms with E-state index < -0.39 is 0 Å². The van der Waals surface area contributed by atoms with E-state index in [0.29, 0.717) is 28.9 Å². The van der Waals surface area contributed by atoms with Gasteiger partial charge < -0.3 is 20.2 Å². The molecule has 5 aliphatic rings. The molecule has 2 saturated heterocycles. The first-order chi connectivity index (χ1) is 18.5. The van der Waals surface area contributed by atoms with Crippen LogP contribution in [0, 0.1) is 30.1 Å². The molecule has 4 heterocycles. The van der Waals surface area contributed by atoms with Crippen molar-refractivity contribution in [2.75, 3.05) is 37.6 Å². The zero-order valence-corrected chi connectivity index (χ0v) is 23.3. The van der Waals surface area contributed by atoms with E-state index in [-0.39, 0.29) is 12.0 Å². The van der Waals surface area contributed by atoms with Gasteiger partial charge in [0.05, 0.1) is 22.2 Å². The largest absolute Gasteiger partial charge is 0.393 e. The Labute approximate surface area is 230 Å². The molecule has 3 atom stereocenters.